The van der Waals surface area contributed by atoms with E-state index >= 15 is 0 Å². The first-order chi connectivity index (χ1) is 8.24. The van der Waals surface area contributed by atoms with E-state index in [0.29, 0.717) is 0 Å². The van der Waals surface area contributed by atoms with Crippen LogP contribution in [-0.2, 0) is 9.59 Å². The van der Waals surface area contributed by atoms with Crippen molar-refractivity contribution in [2.45, 2.75) is 66.3 Å². The van der Waals surface area contributed by atoms with Gasteiger partial charge in [-0.15, -0.1) is 0 Å². The Bertz CT molecular complexity index is 289. The number of nitrogens with one attached hydrogen (secondary N) is 1. The lowest BCUT2D eigenvalue weighted by molar-refractivity contribution is -0.153. The van der Waals surface area contributed by atoms with Crippen molar-refractivity contribution in [2.75, 3.05) is 0 Å². The topological polar surface area (TPSA) is 66.4 Å². The Morgan fingerprint density at radius 1 is 1.28 bits per heavy atom. The Kier molecular flexibility index (Phi) is 6.96. The van der Waals surface area contributed by atoms with Crippen LogP contribution in [0.5, 0.6) is 0 Å². The van der Waals surface area contributed by atoms with Crippen LogP contribution in [-0.4, -0.2) is 23.0 Å². The van der Waals surface area contributed by atoms with Crippen LogP contribution in [0.2, 0.25) is 0 Å². The van der Waals surface area contributed by atoms with Crippen LogP contribution in [0.3, 0.4) is 0 Å². The maximum absolute atomic E-state index is 11.9. The monoisotopic (exact) mass is 257 g/mol. The van der Waals surface area contributed by atoms with Crippen molar-refractivity contribution in [1.29, 1.82) is 0 Å². The van der Waals surface area contributed by atoms with Gasteiger partial charge in [-0.3, -0.25) is 9.59 Å². The van der Waals surface area contributed by atoms with E-state index in [4.69, 9.17) is 0 Å². The number of hydrogen-bond donors (Lipinski definition) is 2. The third kappa shape index (κ3) is 5.07. The summed E-state index contributed by atoms with van der Waals surface area (Å²) in [6.45, 7) is 9.37. The molecule has 1 amide bonds. The molecule has 0 spiro atoms. The van der Waals surface area contributed by atoms with Crippen LogP contribution in [0, 0.1) is 11.3 Å². The number of carboxylic acids is 1. The van der Waals surface area contributed by atoms with Gasteiger partial charge in [-0.25, -0.2) is 0 Å². The highest BCUT2D eigenvalue weighted by molar-refractivity contribution is 5.85. The van der Waals surface area contributed by atoms with Gasteiger partial charge in [0.15, 0.2) is 0 Å². The molecule has 0 radical (unpaired) electrons. The first-order valence-corrected chi connectivity index (χ1v) is 6.76. The first-order valence-electron chi connectivity index (χ1n) is 6.76. The molecule has 0 aliphatic rings. The molecule has 2 unspecified atom stereocenters. The van der Waals surface area contributed by atoms with Crippen molar-refractivity contribution in [1.82, 2.24) is 5.32 Å². The van der Waals surface area contributed by atoms with Crippen LogP contribution in [0.4, 0.5) is 0 Å². The number of carbonyl (C=O) groups is 2. The quantitative estimate of drug-likeness (QED) is 0.702. The Hall–Kier alpha value is -1.06. The molecule has 2 atom stereocenters. The number of hydrogen-bond acceptors (Lipinski definition) is 2. The van der Waals surface area contributed by atoms with Gasteiger partial charge < -0.3 is 10.4 Å². The summed E-state index contributed by atoms with van der Waals surface area (Å²) in [5.74, 6) is -1.15. The van der Waals surface area contributed by atoms with Crippen LogP contribution < -0.4 is 5.32 Å². The number of carboxylic acid groups (broad SMARTS) is 1. The van der Waals surface area contributed by atoms with E-state index in [1.807, 2.05) is 20.8 Å². The zero-order chi connectivity index (χ0) is 14.3. The second-order valence-corrected chi connectivity index (χ2v) is 5.66. The maximum atomic E-state index is 11.9. The van der Waals surface area contributed by atoms with Crippen LogP contribution in [0.25, 0.3) is 0 Å². The maximum Gasteiger partial charge on any atom is 0.310 e. The summed E-state index contributed by atoms with van der Waals surface area (Å²) < 4.78 is 0. The van der Waals surface area contributed by atoms with Crippen molar-refractivity contribution in [3.05, 3.63) is 0 Å². The number of aliphatic carboxylic acids is 1. The molecule has 0 bridgehead atoms. The fourth-order valence-corrected chi connectivity index (χ4v) is 1.77. The summed E-state index contributed by atoms with van der Waals surface area (Å²) in [6, 6.07) is 0.114. The summed E-state index contributed by atoms with van der Waals surface area (Å²) in [4.78, 5) is 23.1. The van der Waals surface area contributed by atoms with E-state index in [1.165, 1.54) is 0 Å². The number of carbonyl (C=O) groups excluding carboxylic acids is 1. The lowest BCUT2D eigenvalue weighted by Gasteiger charge is -2.29. The van der Waals surface area contributed by atoms with Gasteiger partial charge in [0.1, 0.15) is 0 Å². The molecule has 2 N–H and O–H groups in total. The molecule has 0 saturated carbocycles. The Morgan fingerprint density at radius 2 is 1.83 bits per heavy atom. The Labute approximate surface area is 110 Å². The molecular formula is C14H27NO3. The van der Waals surface area contributed by atoms with Crippen LogP contribution in [0.15, 0.2) is 0 Å². The molecule has 4 nitrogen and oxygen atoms in total. The number of unbranched alkanes of at least 4 members (excludes halogenated alkanes) is 1. The van der Waals surface area contributed by atoms with Crippen molar-refractivity contribution in [2.24, 2.45) is 11.3 Å². The summed E-state index contributed by atoms with van der Waals surface area (Å²) in [5, 5.41) is 12.1. The van der Waals surface area contributed by atoms with Gasteiger partial charge >= 0.3 is 5.97 Å². The van der Waals surface area contributed by atoms with Crippen LogP contribution in [0.1, 0.15) is 60.3 Å². The van der Waals surface area contributed by atoms with E-state index in [2.05, 4.69) is 12.2 Å². The second kappa shape index (κ2) is 7.39. The van der Waals surface area contributed by atoms with Gasteiger partial charge in [0.25, 0.3) is 0 Å². The standard InChI is InChI=1S/C14H27NO3/c1-6-7-8-11(4)15-12(16)9-14(5,10(2)3)13(17)18/h10-11H,6-9H2,1-5H3,(H,15,16)(H,17,18). The van der Waals surface area contributed by atoms with E-state index < -0.39 is 11.4 Å². The molecule has 0 saturated heterocycles. The van der Waals surface area contributed by atoms with Crippen LogP contribution >= 0.6 is 0 Å². The Balaban J connectivity index is 4.40. The molecule has 0 aromatic carbocycles. The fourth-order valence-electron chi connectivity index (χ4n) is 1.77. The zero-order valence-corrected chi connectivity index (χ0v) is 12.2. The van der Waals surface area contributed by atoms with Gasteiger partial charge in [-0.05, 0) is 26.2 Å². The lowest BCUT2D eigenvalue weighted by Crippen LogP contribution is -2.41. The minimum Gasteiger partial charge on any atom is -0.481 e. The summed E-state index contributed by atoms with van der Waals surface area (Å²) in [6.07, 6.45) is 3.14. The van der Waals surface area contributed by atoms with E-state index in [9.17, 15) is 14.7 Å². The molecule has 0 aliphatic carbocycles. The average molecular weight is 257 g/mol. The first kappa shape index (κ1) is 16.9. The predicted molar refractivity (Wildman–Crippen MR) is 72.3 cm³/mol. The molecule has 0 aromatic heterocycles. The largest absolute Gasteiger partial charge is 0.481 e. The van der Waals surface area contributed by atoms with Crippen molar-refractivity contribution in [3.63, 3.8) is 0 Å². The lowest BCUT2D eigenvalue weighted by atomic mass is 9.76. The van der Waals surface area contributed by atoms with Gasteiger partial charge in [0.05, 0.1) is 5.41 Å². The smallest absolute Gasteiger partial charge is 0.310 e. The summed E-state index contributed by atoms with van der Waals surface area (Å²) >= 11 is 0. The average Bonchev–Trinajstić information content (AvgIpc) is 2.25. The highest BCUT2D eigenvalue weighted by Gasteiger charge is 2.38. The van der Waals surface area contributed by atoms with Gasteiger partial charge in [-0.1, -0.05) is 33.6 Å². The minimum absolute atomic E-state index is 0.0382. The van der Waals surface area contributed by atoms with E-state index in [1.54, 1.807) is 6.92 Å². The third-order valence-electron chi connectivity index (χ3n) is 3.69. The molecular weight excluding hydrogens is 230 g/mol. The summed E-state index contributed by atoms with van der Waals surface area (Å²) in [5.41, 5.74) is -0.992. The molecule has 0 aromatic rings. The van der Waals surface area contributed by atoms with Gasteiger partial charge in [-0.2, -0.15) is 0 Å². The number of rotatable bonds is 8. The van der Waals surface area contributed by atoms with Gasteiger partial charge in [0.2, 0.25) is 5.91 Å². The third-order valence-corrected chi connectivity index (χ3v) is 3.69. The second-order valence-electron chi connectivity index (χ2n) is 5.66. The predicted octanol–water partition coefficient (Wildman–Crippen LogP) is 2.82. The fraction of sp³-hybridized carbons (Fsp3) is 0.857. The molecule has 18 heavy (non-hydrogen) atoms. The highest BCUT2D eigenvalue weighted by Crippen LogP contribution is 2.31. The van der Waals surface area contributed by atoms with E-state index in [-0.39, 0.29) is 24.3 Å². The molecule has 106 valence electrons. The minimum atomic E-state index is -0.992. The molecule has 0 aliphatic heterocycles. The molecule has 0 rings (SSSR count). The van der Waals surface area contributed by atoms with Gasteiger partial charge in [0, 0.05) is 12.5 Å². The molecule has 0 fully saturated rings. The molecule has 0 heterocycles. The highest BCUT2D eigenvalue weighted by atomic mass is 16.4. The summed E-state index contributed by atoms with van der Waals surface area (Å²) in [7, 11) is 0. The zero-order valence-electron chi connectivity index (χ0n) is 12.2. The van der Waals surface area contributed by atoms with Crippen molar-refractivity contribution < 1.29 is 14.7 Å². The Morgan fingerprint density at radius 3 is 2.22 bits per heavy atom. The van der Waals surface area contributed by atoms with Crippen molar-refractivity contribution in [3.8, 4) is 0 Å². The number of amides is 1. The SMILES string of the molecule is CCCCC(C)NC(=O)CC(C)(C(=O)O)C(C)C. The van der Waals surface area contributed by atoms with Crippen molar-refractivity contribution >= 4 is 11.9 Å². The van der Waals surface area contributed by atoms with E-state index in [0.717, 1.165) is 19.3 Å². The normalized spacial score (nSPS) is 16.1. The molecule has 4 heteroatoms.